The van der Waals surface area contributed by atoms with Crippen molar-refractivity contribution in [1.82, 2.24) is 5.32 Å². The number of alkyl halides is 1. The quantitative estimate of drug-likeness (QED) is 0.760. The predicted molar refractivity (Wildman–Crippen MR) is 56.0 cm³/mol. The van der Waals surface area contributed by atoms with Crippen LogP contribution in [0, 0.1) is 12.8 Å². The van der Waals surface area contributed by atoms with E-state index < -0.39 is 5.67 Å². The molecule has 0 aliphatic carbocycles. The Kier molecular flexibility index (Phi) is 2.31. The maximum atomic E-state index is 14.4. The topological polar surface area (TPSA) is 12.0 Å². The molecule has 0 radical (unpaired) electrons. The van der Waals surface area contributed by atoms with Crippen molar-refractivity contribution in [3.63, 3.8) is 0 Å². The normalized spacial score (nSPS) is 21.4. The first kappa shape index (κ1) is 9.66. The lowest BCUT2D eigenvalue weighted by atomic mass is 9.81. The Hall–Kier alpha value is -0.890. The third-order valence-electron chi connectivity index (χ3n) is 3.16. The van der Waals surface area contributed by atoms with Gasteiger partial charge in [-0.3, -0.25) is 0 Å². The van der Waals surface area contributed by atoms with Crippen molar-refractivity contribution in [3.8, 4) is 0 Å². The minimum absolute atomic E-state index is 0.130. The van der Waals surface area contributed by atoms with Crippen molar-refractivity contribution in [1.29, 1.82) is 0 Å². The van der Waals surface area contributed by atoms with E-state index in [1.165, 1.54) is 5.56 Å². The third kappa shape index (κ3) is 1.55. The van der Waals surface area contributed by atoms with E-state index in [-0.39, 0.29) is 5.92 Å². The maximum Gasteiger partial charge on any atom is 0.138 e. The van der Waals surface area contributed by atoms with E-state index in [0.717, 1.165) is 18.7 Å². The zero-order valence-electron chi connectivity index (χ0n) is 8.68. The number of halogens is 1. The molecule has 0 bridgehead atoms. The molecule has 1 heterocycles. The second-order valence-electron chi connectivity index (χ2n) is 4.30. The van der Waals surface area contributed by atoms with Crippen LogP contribution in [-0.2, 0) is 5.67 Å². The van der Waals surface area contributed by atoms with Gasteiger partial charge in [0.15, 0.2) is 0 Å². The van der Waals surface area contributed by atoms with Crippen LogP contribution in [0.4, 0.5) is 4.39 Å². The molecule has 0 amide bonds. The second kappa shape index (κ2) is 3.35. The Labute approximate surface area is 84.3 Å². The minimum Gasteiger partial charge on any atom is -0.316 e. The van der Waals surface area contributed by atoms with Gasteiger partial charge in [0.1, 0.15) is 5.67 Å². The van der Waals surface area contributed by atoms with Crippen LogP contribution in [0.1, 0.15) is 18.1 Å². The number of rotatable bonds is 2. The van der Waals surface area contributed by atoms with Crippen molar-refractivity contribution in [2.75, 3.05) is 13.1 Å². The van der Waals surface area contributed by atoms with Crippen molar-refractivity contribution in [3.05, 3.63) is 35.4 Å². The molecule has 0 saturated carbocycles. The van der Waals surface area contributed by atoms with Gasteiger partial charge in [-0.25, -0.2) is 4.39 Å². The first-order chi connectivity index (χ1) is 6.60. The summed E-state index contributed by atoms with van der Waals surface area (Å²) < 4.78 is 14.4. The molecule has 1 saturated heterocycles. The molecule has 1 atom stereocenters. The van der Waals surface area contributed by atoms with Gasteiger partial charge in [-0.15, -0.1) is 0 Å². The predicted octanol–water partition coefficient (Wildman–Crippen LogP) is 2.40. The first-order valence-electron chi connectivity index (χ1n) is 5.07. The van der Waals surface area contributed by atoms with Crippen LogP contribution in [0.3, 0.4) is 0 Å². The summed E-state index contributed by atoms with van der Waals surface area (Å²) in [5.74, 6) is 0.130. The number of nitrogens with one attached hydrogen (secondary N) is 1. The van der Waals surface area contributed by atoms with Gasteiger partial charge in [-0.05, 0) is 19.4 Å². The largest absolute Gasteiger partial charge is 0.316 e. The van der Waals surface area contributed by atoms with Gasteiger partial charge in [-0.2, -0.15) is 0 Å². The second-order valence-corrected chi connectivity index (χ2v) is 4.30. The van der Waals surface area contributed by atoms with Gasteiger partial charge in [0.05, 0.1) is 0 Å². The van der Waals surface area contributed by atoms with E-state index in [0.29, 0.717) is 0 Å². The SMILES string of the molecule is Cc1ccc(C(C)(F)C2CNC2)cc1. The molecule has 1 aliphatic rings. The molecule has 2 rings (SSSR count). The van der Waals surface area contributed by atoms with Crippen LogP contribution in [0.2, 0.25) is 0 Å². The van der Waals surface area contributed by atoms with E-state index in [2.05, 4.69) is 5.32 Å². The number of hydrogen-bond donors (Lipinski definition) is 1. The molecular weight excluding hydrogens is 177 g/mol. The molecule has 1 fully saturated rings. The molecule has 1 unspecified atom stereocenters. The Bertz CT molecular complexity index is 312. The Morgan fingerprint density at radius 3 is 2.29 bits per heavy atom. The highest BCUT2D eigenvalue weighted by Crippen LogP contribution is 2.35. The smallest absolute Gasteiger partial charge is 0.138 e. The molecule has 0 aromatic heterocycles. The molecular formula is C12H16FN. The maximum absolute atomic E-state index is 14.4. The summed E-state index contributed by atoms with van der Waals surface area (Å²) in [6.07, 6.45) is 0. The molecule has 1 aliphatic heterocycles. The van der Waals surface area contributed by atoms with Crippen molar-refractivity contribution in [2.24, 2.45) is 5.92 Å². The fourth-order valence-corrected chi connectivity index (χ4v) is 1.79. The highest BCUT2D eigenvalue weighted by atomic mass is 19.1. The van der Waals surface area contributed by atoms with E-state index in [9.17, 15) is 4.39 Å². The van der Waals surface area contributed by atoms with Gasteiger partial charge in [0.25, 0.3) is 0 Å². The summed E-state index contributed by atoms with van der Waals surface area (Å²) in [7, 11) is 0. The summed E-state index contributed by atoms with van der Waals surface area (Å²) in [4.78, 5) is 0. The molecule has 1 aromatic rings. The van der Waals surface area contributed by atoms with Crippen LogP contribution in [0.15, 0.2) is 24.3 Å². The number of benzene rings is 1. The van der Waals surface area contributed by atoms with E-state index in [1.54, 1.807) is 6.92 Å². The lowest BCUT2D eigenvalue weighted by molar-refractivity contribution is 0.0631. The zero-order valence-corrected chi connectivity index (χ0v) is 8.68. The van der Waals surface area contributed by atoms with Gasteiger partial charge in [0, 0.05) is 19.0 Å². The van der Waals surface area contributed by atoms with Gasteiger partial charge >= 0.3 is 0 Å². The van der Waals surface area contributed by atoms with Crippen LogP contribution in [0.25, 0.3) is 0 Å². The van der Waals surface area contributed by atoms with Crippen LogP contribution in [0.5, 0.6) is 0 Å². The Morgan fingerprint density at radius 1 is 1.29 bits per heavy atom. The number of aryl methyl sites for hydroxylation is 1. The summed E-state index contributed by atoms with van der Waals surface area (Å²) in [5, 5.41) is 3.11. The summed E-state index contributed by atoms with van der Waals surface area (Å²) in [5.41, 5.74) is 0.796. The Morgan fingerprint density at radius 2 is 1.86 bits per heavy atom. The summed E-state index contributed by atoms with van der Waals surface area (Å²) in [6, 6.07) is 7.74. The molecule has 2 heteroatoms. The van der Waals surface area contributed by atoms with Gasteiger partial charge in [-0.1, -0.05) is 29.8 Å². The highest BCUT2D eigenvalue weighted by molar-refractivity contribution is 5.27. The molecule has 76 valence electrons. The zero-order chi connectivity index (χ0) is 10.2. The van der Waals surface area contributed by atoms with Gasteiger partial charge < -0.3 is 5.32 Å². The monoisotopic (exact) mass is 193 g/mol. The van der Waals surface area contributed by atoms with Gasteiger partial charge in [0.2, 0.25) is 0 Å². The first-order valence-corrected chi connectivity index (χ1v) is 5.07. The molecule has 1 nitrogen and oxygen atoms in total. The molecule has 1 aromatic carbocycles. The van der Waals surface area contributed by atoms with Crippen LogP contribution < -0.4 is 5.32 Å². The highest BCUT2D eigenvalue weighted by Gasteiger charge is 2.39. The third-order valence-corrected chi connectivity index (χ3v) is 3.16. The van der Waals surface area contributed by atoms with Crippen molar-refractivity contribution in [2.45, 2.75) is 19.5 Å². The molecule has 0 spiro atoms. The fourth-order valence-electron chi connectivity index (χ4n) is 1.79. The average Bonchev–Trinajstić information content (AvgIpc) is 2.00. The Balaban J connectivity index is 2.23. The minimum atomic E-state index is -1.18. The summed E-state index contributed by atoms with van der Waals surface area (Å²) in [6.45, 7) is 5.29. The van der Waals surface area contributed by atoms with E-state index >= 15 is 0 Å². The summed E-state index contributed by atoms with van der Waals surface area (Å²) >= 11 is 0. The van der Waals surface area contributed by atoms with E-state index in [1.807, 2.05) is 31.2 Å². The lowest BCUT2D eigenvalue weighted by Gasteiger charge is -2.38. The number of hydrogen-bond acceptors (Lipinski definition) is 1. The molecule has 14 heavy (non-hydrogen) atoms. The van der Waals surface area contributed by atoms with Crippen LogP contribution in [-0.4, -0.2) is 13.1 Å². The molecule has 1 N–H and O–H groups in total. The van der Waals surface area contributed by atoms with Crippen molar-refractivity contribution < 1.29 is 4.39 Å². The average molecular weight is 193 g/mol. The van der Waals surface area contributed by atoms with E-state index in [4.69, 9.17) is 0 Å². The fraction of sp³-hybridized carbons (Fsp3) is 0.500. The lowest BCUT2D eigenvalue weighted by Crippen LogP contribution is -2.51. The standard InChI is InChI=1S/C12H16FN/c1-9-3-5-10(6-4-9)12(2,13)11-7-14-8-11/h3-6,11,14H,7-8H2,1-2H3. The van der Waals surface area contributed by atoms with Crippen LogP contribution >= 0.6 is 0 Å². The van der Waals surface area contributed by atoms with Crippen molar-refractivity contribution >= 4 is 0 Å².